The molecule has 0 spiro atoms. The molecule has 14 heavy (non-hydrogen) atoms. The first-order valence-electron chi connectivity index (χ1n) is 4.53. The molecule has 0 aliphatic heterocycles. The van der Waals surface area contributed by atoms with Crippen LogP contribution in [0, 0.1) is 11.2 Å². The first kappa shape index (κ1) is 11.7. The summed E-state index contributed by atoms with van der Waals surface area (Å²) < 4.78 is 13.4. The SMILES string of the molecule is CC(C)(C)C(N)c1ccc(F)c(Br)c1. The number of hydrogen-bond donors (Lipinski definition) is 1. The first-order valence-corrected chi connectivity index (χ1v) is 5.32. The largest absolute Gasteiger partial charge is 0.324 e. The van der Waals surface area contributed by atoms with Crippen molar-refractivity contribution in [1.82, 2.24) is 0 Å². The summed E-state index contributed by atoms with van der Waals surface area (Å²) in [6.07, 6.45) is 0. The van der Waals surface area contributed by atoms with Crippen LogP contribution in [0.4, 0.5) is 4.39 Å². The predicted octanol–water partition coefficient (Wildman–Crippen LogP) is 3.63. The summed E-state index contributed by atoms with van der Waals surface area (Å²) in [6.45, 7) is 6.19. The van der Waals surface area contributed by atoms with Gasteiger partial charge in [0.05, 0.1) is 4.47 Å². The van der Waals surface area contributed by atoms with Crippen molar-refractivity contribution in [2.24, 2.45) is 11.1 Å². The fourth-order valence-electron chi connectivity index (χ4n) is 1.21. The number of rotatable bonds is 1. The lowest BCUT2D eigenvalue weighted by molar-refractivity contribution is 0.326. The van der Waals surface area contributed by atoms with Gasteiger partial charge < -0.3 is 5.73 Å². The highest BCUT2D eigenvalue weighted by atomic mass is 79.9. The second kappa shape index (κ2) is 3.99. The quantitative estimate of drug-likeness (QED) is 0.819. The molecule has 1 atom stereocenters. The van der Waals surface area contributed by atoms with Crippen LogP contribution in [0.2, 0.25) is 0 Å². The zero-order valence-corrected chi connectivity index (χ0v) is 10.2. The molecule has 0 fully saturated rings. The van der Waals surface area contributed by atoms with Crippen LogP contribution in [0.25, 0.3) is 0 Å². The maximum atomic E-state index is 13.0. The Kier molecular flexibility index (Phi) is 3.32. The molecule has 0 saturated heterocycles. The smallest absolute Gasteiger partial charge is 0.137 e. The highest BCUT2D eigenvalue weighted by molar-refractivity contribution is 9.10. The van der Waals surface area contributed by atoms with Crippen molar-refractivity contribution in [3.63, 3.8) is 0 Å². The maximum Gasteiger partial charge on any atom is 0.137 e. The second-order valence-corrected chi connectivity index (χ2v) is 5.37. The molecule has 1 aromatic carbocycles. The fourth-order valence-corrected chi connectivity index (χ4v) is 1.60. The Morgan fingerprint density at radius 3 is 2.36 bits per heavy atom. The summed E-state index contributed by atoms with van der Waals surface area (Å²) in [6, 6.07) is 4.83. The first-order chi connectivity index (χ1) is 6.32. The lowest BCUT2D eigenvalue weighted by Gasteiger charge is -2.27. The molecule has 0 saturated carbocycles. The molecule has 0 aromatic heterocycles. The summed E-state index contributed by atoms with van der Waals surface area (Å²) in [5.41, 5.74) is 6.98. The number of hydrogen-bond acceptors (Lipinski definition) is 1. The standard InChI is InChI=1S/C11H15BrFN/c1-11(2,3)10(14)7-4-5-9(13)8(12)6-7/h4-6,10H,14H2,1-3H3. The Bertz CT molecular complexity index is 331. The van der Waals surface area contributed by atoms with E-state index in [2.05, 4.69) is 36.7 Å². The van der Waals surface area contributed by atoms with Gasteiger partial charge in [-0.25, -0.2) is 4.39 Å². The highest BCUT2D eigenvalue weighted by Gasteiger charge is 2.22. The van der Waals surface area contributed by atoms with E-state index >= 15 is 0 Å². The van der Waals surface area contributed by atoms with E-state index in [4.69, 9.17) is 5.73 Å². The maximum absolute atomic E-state index is 13.0. The van der Waals surface area contributed by atoms with Crippen molar-refractivity contribution in [3.05, 3.63) is 34.1 Å². The molecular weight excluding hydrogens is 245 g/mol. The molecule has 0 amide bonds. The third kappa shape index (κ3) is 2.55. The molecule has 0 aliphatic rings. The van der Waals surface area contributed by atoms with E-state index in [1.165, 1.54) is 6.07 Å². The fraction of sp³-hybridized carbons (Fsp3) is 0.455. The van der Waals surface area contributed by atoms with Crippen LogP contribution < -0.4 is 5.73 Å². The second-order valence-electron chi connectivity index (χ2n) is 4.52. The van der Waals surface area contributed by atoms with Crippen LogP contribution in [-0.2, 0) is 0 Å². The Hall–Kier alpha value is -0.410. The Morgan fingerprint density at radius 2 is 1.93 bits per heavy atom. The molecule has 78 valence electrons. The molecule has 2 N–H and O–H groups in total. The number of nitrogens with two attached hydrogens (primary N) is 1. The van der Waals surface area contributed by atoms with Crippen molar-refractivity contribution in [2.45, 2.75) is 26.8 Å². The zero-order valence-electron chi connectivity index (χ0n) is 8.64. The van der Waals surface area contributed by atoms with E-state index in [0.29, 0.717) is 4.47 Å². The van der Waals surface area contributed by atoms with Crippen LogP contribution in [0.3, 0.4) is 0 Å². The summed E-state index contributed by atoms with van der Waals surface area (Å²) in [5.74, 6) is -0.255. The molecule has 1 aromatic rings. The van der Waals surface area contributed by atoms with E-state index in [1.54, 1.807) is 12.1 Å². The van der Waals surface area contributed by atoms with Gasteiger partial charge in [0.1, 0.15) is 5.82 Å². The van der Waals surface area contributed by atoms with Crippen LogP contribution in [0.5, 0.6) is 0 Å². The van der Waals surface area contributed by atoms with Crippen molar-refractivity contribution in [2.75, 3.05) is 0 Å². The van der Waals surface area contributed by atoms with E-state index < -0.39 is 0 Å². The minimum absolute atomic E-state index is 0.0166. The number of halogens is 2. The van der Waals surface area contributed by atoms with Crippen molar-refractivity contribution in [3.8, 4) is 0 Å². The summed E-state index contributed by atoms with van der Waals surface area (Å²) in [5, 5.41) is 0. The molecule has 3 heteroatoms. The molecule has 1 nitrogen and oxygen atoms in total. The molecule has 0 heterocycles. The third-order valence-corrected chi connectivity index (χ3v) is 2.84. The minimum atomic E-state index is -0.255. The lowest BCUT2D eigenvalue weighted by atomic mass is 9.83. The van der Waals surface area contributed by atoms with Gasteiger partial charge in [0.25, 0.3) is 0 Å². The van der Waals surface area contributed by atoms with Gasteiger partial charge >= 0.3 is 0 Å². The average molecular weight is 260 g/mol. The van der Waals surface area contributed by atoms with Gasteiger partial charge in [0, 0.05) is 6.04 Å². The van der Waals surface area contributed by atoms with E-state index in [9.17, 15) is 4.39 Å². The molecule has 0 radical (unpaired) electrons. The summed E-state index contributed by atoms with van der Waals surface area (Å²) in [4.78, 5) is 0. The molecular formula is C11H15BrFN. The van der Waals surface area contributed by atoms with Gasteiger partial charge in [0.2, 0.25) is 0 Å². The summed E-state index contributed by atoms with van der Waals surface area (Å²) >= 11 is 3.15. The van der Waals surface area contributed by atoms with Crippen LogP contribution in [0.15, 0.2) is 22.7 Å². The topological polar surface area (TPSA) is 26.0 Å². The van der Waals surface area contributed by atoms with Crippen LogP contribution >= 0.6 is 15.9 Å². The lowest BCUT2D eigenvalue weighted by Crippen LogP contribution is -2.26. The normalized spacial score (nSPS) is 14.1. The van der Waals surface area contributed by atoms with Gasteiger partial charge in [0.15, 0.2) is 0 Å². The average Bonchev–Trinajstić information content (AvgIpc) is 2.07. The van der Waals surface area contributed by atoms with Crippen molar-refractivity contribution < 1.29 is 4.39 Å². The van der Waals surface area contributed by atoms with Gasteiger partial charge in [-0.3, -0.25) is 0 Å². The van der Waals surface area contributed by atoms with E-state index in [1.807, 2.05) is 0 Å². The predicted molar refractivity (Wildman–Crippen MR) is 60.5 cm³/mol. The highest BCUT2D eigenvalue weighted by Crippen LogP contribution is 2.32. The van der Waals surface area contributed by atoms with Gasteiger partial charge in [-0.05, 0) is 39.0 Å². The van der Waals surface area contributed by atoms with Gasteiger partial charge in [-0.15, -0.1) is 0 Å². The van der Waals surface area contributed by atoms with Crippen molar-refractivity contribution >= 4 is 15.9 Å². The van der Waals surface area contributed by atoms with Crippen molar-refractivity contribution in [1.29, 1.82) is 0 Å². The van der Waals surface area contributed by atoms with Gasteiger partial charge in [-0.2, -0.15) is 0 Å². The Labute approximate surface area is 92.6 Å². The van der Waals surface area contributed by atoms with E-state index in [0.717, 1.165) is 5.56 Å². The third-order valence-electron chi connectivity index (χ3n) is 2.24. The Balaban J connectivity index is 3.03. The molecule has 0 bridgehead atoms. The molecule has 1 rings (SSSR count). The minimum Gasteiger partial charge on any atom is -0.324 e. The van der Waals surface area contributed by atoms with Crippen LogP contribution in [0.1, 0.15) is 32.4 Å². The monoisotopic (exact) mass is 259 g/mol. The molecule has 1 unspecified atom stereocenters. The molecule has 0 aliphatic carbocycles. The Morgan fingerprint density at radius 1 is 1.36 bits per heavy atom. The number of benzene rings is 1. The summed E-state index contributed by atoms with van der Waals surface area (Å²) in [7, 11) is 0. The van der Waals surface area contributed by atoms with Crippen LogP contribution in [-0.4, -0.2) is 0 Å². The van der Waals surface area contributed by atoms with Gasteiger partial charge in [-0.1, -0.05) is 26.8 Å². The van der Waals surface area contributed by atoms with E-state index in [-0.39, 0.29) is 17.3 Å². The zero-order chi connectivity index (χ0) is 10.9.